The van der Waals surface area contributed by atoms with Crippen molar-refractivity contribution >= 4 is 45.5 Å². The second-order valence-corrected chi connectivity index (χ2v) is 8.84. The number of pyridine rings is 1. The normalized spacial score (nSPS) is 10.8. The second-order valence-electron chi connectivity index (χ2n) is 7.69. The summed E-state index contributed by atoms with van der Waals surface area (Å²) in [4.78, 5) is 15.1. The number of fused-ring (bicyclic) bond motifs is 1. The van der Waals surface area contributed by atoms with Crippen LogP contribution in [-0.4, -0.2) is 22.1 Å². The third-order valence-corrected chi connectivity index (χ3v) is 6.24. The van der Waals surface area contributed by atoms with Gasteiger partial charge < -0.3 is 15.4 Å². The fourth-order valence-electron chi connectivity index (χ4n) is 3.58. The lowest BCUT2D eigenvalue weighted by Gasteiger charge is -2.12. The molecule has 0 fully saturated rings. The van der Waals surface area contributed by atoms with Gasteiger partial charge >= 0.3 is 0 Å². The van der Waals surface area contributed by atoms with Crippen molar-refractivity contribution in [2.45, 2.75) is 16.7 Å². The van der Waals surface area contributed by atoms with Gasteiger partial charge in [-0.1, -0.05) is 11.8 Å². The Hall–Kier alpha value is -4.10. The van der Waals surface area contributed by atoms with Crippen molar-refractivity contribution < 1.29 is 4.74 Å². The van der Waals surface area contributed by atoms with Crippen molar-refractivity contribution in [3.8, 4) is 5.75 Å². The summed E-state index contributed by atoms with van der Waals surface area (Å²) in [7, 11) is 1.68. The van der Waals surface area contributed by atoms with Crippen LogP contribution in [0.5, 0.6) is 5.75 Å². The first kappa shape index (κ1) is 21.7. The second kappa shape index (κ2) is 9.80. The van der Waals surface area contributed by atoms with Crippen molar-refractivity contribution in [1.82, 2.24) is 15.0 Å². The fourth-order valence-corrected chi connectivity index (χ4v) is 4.40. The number of hydrogen-bond donors (Lipinski definition) is 2. The van der Waals surface area contributed by atoms with E-state index >= 15 is 0 Å². The molecule has 2 N–H and O–H groups in total. The number of nitrogens with zero attached hydrogens (tertiary/aromatic N) is 3. The van der Waals surface area contributed by atoms with Crippen molar-refractivity contribution in [2.75, 3.05) is 17.7 Å². The summed E-state index contributed by atoms with van der Waals surface area (Å²) in [5.74, 6) is 1.58. The molecule has 0 aliphatic carbocycles. The molecule has 2 aromatic heterocycles. The van der Waals surface area contributed by atoms with Crippen molar-refractivity contribution in [1.29, 1.82) is 0 Å². The molecule has 0 unspecified atom stereocenters. The Bertz CT molecular complexity index is 1410. The van der Waals surface area contributed by atoms with Crippen LogP contribution in [0.25, 0.3) is 10.9 Å². The summed E-state index contributed by atoms with van der Waals surface area (Å²) in [5.41, 5.74) is 4.91. The average Bonchev–Trinajstić information content (AvgIpc) is 2.87. The summed E-state index contributed by atoms with van der Waals surface area (Å²) in [6, 6.07) is 26.5. The van der Waals surface area contributed by atoms with Crippen LogP contribution in [0.3, 0.4) is 0 Å². The Balaban J connectivity index is 1.28. The fraction of sp³-hybridized carbons (Fsp3) is 0.0741. The molecule has 0 bridgehead atoms. The first-order chi connectivity index (χ1) is 16.7. The molecule has 6 nitrogen and oxygen atoms in total. The van der Waals surface area contributed by atoms with Crippen molar-refractivity contribution in [2.24, 2.45) is 0 Å². The van der Waals surface area contributed by atoms with Gasteiger partial charge in [0.25, 0.3) is 0 Å². The maximum Gasteiger partial charge on any atom is 0.133 e. The largest absolute Gasteiger partial charge is 0.497 e. The number of nitrogens with one attached hydrogen (secondary N) is 2. The van der Waals surface area contributed by atoms with Gasteiger partial charge in [-0.25, -0.2) is 9.97 Å². The summed E-state index contributed by atoms with van der Waals surface area (Å²) in [6.45, 7) is 2.00. The predicted octanol–water partition coefficient (Wildman–Crippen LogP) is 6.98. The van der Waals surface area contributed by atoms with Gasteiger partial charge in [-0.05, 0) is 85.8 Å². The van der Waals surface area contributed by atoms with E-state index in [9.17, 15) is 0 Å². The van der Waals surface area contributed by atoms with Gasteiger partial charge in [0.2, 0.25) is 0 Å². The number of anilines is 4. The molecule has 0 radical (unpaired) electrons. The molecule has 0 amide bonds. The van der Waals surface area contributed by atoms with E-state index in [-0.39, 0.29) is 0 Å². The third-order valence-electron chi connectivity index (χ3n) is 5.22. The van der Waals surface area contributed by atoms with Crippen molar-refractivity contribution in [3.63, 3.8) is 0 Å². The molecule has 0 atom stereocenters. The van der Waals surface area contributed by atoms with Gasteiger partial charge in [0.05, 0.1) is 12.6 Å². The van der Waals surface area contributed by atoms with Crippen LogP contribution in [0.4, 0.5) is 22.9 Å². The molecule has 2 heterocycles. The molecule has 5 aromatic rings. The first-order valence-corrected chi connectivity index (χ1v) is 11.6. The standard InChI is InChI=1S/C27H23N5OS/c1-18-15-26(24-16-21(33-2)7-12-25(24)30-18)31-19-3-8-22(9-4-19)34-23-10-5-20(6-11-23)32-27-13-14-28-17-29-27/h3-17H,1-2H3,(H,30,31)(H,28,29,32). The van der Waals surface area contributed by atoms with Gasteiger partial charge in [-0.15, -0.1) is 0 Å². The van der Waals surface area contributed by atoms with Crippen LogP contribution in [0.1, 0.15) is 5.69 Å². The minimum atomic E-state index is 0.772. The SMILES string of the molecule is COc1ccc2nc(C)cc(Nc3ccc(Sc4ccc(Nc5ccncn5)cc4)cc3)c2c1. The van der Waals surface area contributed by atoms with E-state index in [0.717, 1.165) is 50.1 Å². The quantitative estimate of drug-likeness (QED) is 0.269. The molecule has 168 valence electrons. The Morgan fingerprint density at radius 2 is 1.50 bits per heavy atom. The van der Waals surface area contributed by atoms with E-state index in [1.165, 1.54) is 11.2 Å². The lowest BCUT2D eigenvalue weighted by atomic mass is 10.1. The summed E-state index contributed by atoms with van der Waals surface area (Å²) < 4.78 is 5.40. The Morgan fingerprint density at radius 1 is 0.794 bits per heavy atom. The summed E-state index contributed by atoms with van der Waals surface area (Å²) in [6.07, 6.45) is 3.24. The van der Waals surface area contributed by atoms with Crippen LogP contribution >= 0.6 is 11.8 Å². The minimum Gasteiger partial charge on any atom is -0.497 e. The summed E-state index contributed by atoms with van der Waals surface area (Å²) in [5, 5.41) is 7.83. The lowest BCUT2D eigenvalue weighted by Crippen LogP contribution is -1.95. The van der Waals surface area contributed by atoms with E-state index in [2.05, 4.69) is 68.1 Å². The number of ether oxygens (including phenoxy) is 1. The molecule has 34 heavy (non-hydrogen) atoms. The zero-order valence-electron chi connectivity index (χ0n) is 18.8. The van der Waals surface area contributed by atoms with Gasteiger partial charge in [0.1, 0.15) is 17.9 Å². The molecule has 0 aliphatic heterocycles. The summed E-state index contributed by atoms with van der Waals surface area (Å²) >= 11 is 1.72. The number of aryl methyl sites for hydroxylation is 1. The van der Waals surface area contributed by atoms with Crippen LogP contribution in [0.15, 0.2) is 101 Å². The number of benzene rings is 3. The van der Waals surface area contributed by atoms with E-state index in [4.69, 9.17) is 4.74 Å². The maximum atomic E-state index is 5.40. The predicted molar refractivity (Wildman–Crippen MR) is 139 cm³/mol. The molecule has 0 saturated heterocycles. The zero-order chi connectivity index (χ0) is 23.3. The van der Waals surface area contributed by atoms with Crippen LogP contribution < -0.4 is 15.4 Å². The first-order valence-electron chi connectivity index (χ1n) is 10.8. The monoisotopic (exact) mass is 465 g/mol. The van der Waals surface area contributed by atoms with Crippen molar-refractivity contribution in [3.05, 3.63) is 97.1 Å². The van der Waals surface area contributed by atoms with E-state index < -0.39 is 0 Å². The minimum absolute atomic E-state index is 0.772. The molecule has 3 aromatic carbocycles. The van der Waals surface area contributed by atoms with Crippen LogP contribution in [0.2, 0.25) is 0 Å². The molecular weight excluding hydrogens is 442 g/mol. The highest BCUT2D eigenvalue weighted by Crippen LogP contribution is 2.32. The van der Waals surface area contributed by atoms with E-state index in [1.807, 2.05) is 43.3 Å². The number of rotatable bonds is 7. The highest BCUT2D eigenvalue weighted by molar-refractivity contribution is 7.99. The maximum absolute atomic E-state index is 5.40. The highest BCUT2D eigenvalue weighted by Gasteiger charge is 2.07. The smallest absolute Gasteiger partial charge is 0.133 e. The van der Waals surface area contributed by atoms with Gasteiger partial charge in [0.15, 0.2) is 0 Å². The third kappa shape index (κ3) is 5.10. The van der Waals surface area contributed by atoms with Crippen LogP contribution in [-0.2, 0) is 0 Å². The molecule has 0 aliphatic rings. The number of methoxy groups -OCH3 is 1. The Morgan fingerprint density at radius 3 is 2.15 bits per heavy atom. The topological polar surface area (TPSA) is 72.0 Å². The van der Waals surface area contributed by atoms with E-state index in [0.29, 0.717) is 0 Å². The zero-order valence-corrected chi connectivity index (χ0v) is 19.6. The average molecular weight is 466 g/mol. The van der Waals surface area contributed by atoms with E-state index in [1.54, 1.807) is 25.1 Å². The number of aromatic nitrogens is 3. The lowest BCUT2D eigenvalue weighted by molar-refractivity contribution is 0.415. The highest BCUT2D eigenvalue weighted by atomic mass is 32.2. The van der Waals surface area contributed by atoms with Crippen LogP contribution in [0, 0.1) is 6.92 Å². The molecular formula is C27H23N5OS. The van der Waals surface area contributed by atoms with Gasteiger partial charge in [-0.3, -0.25) is 4.98 Å². The molecule has 0 saturated carbocycles. The Kier molecular flexibility index (Phi) is 6.27. The van der Waals surface area contributed by atoms with Gasteiger partial charge in [-0.2, -0.15) is 0 Å². The Labute approximate surface area is 202 Å². The molecule has 0 spiro atoms. The number of hydrogen-bond acceptors (Lipinski definition) is 7. The molecule has 7 heteroatoms. The molecule has 5 rings (SSSR count). The van der Waals surface area contributed by atoms with Gasteiger partial charge in [0, 0.05) is 44.1 Å².